The van der Waals surface area contributed by atoms with Gasteiger partial charge < -0.3 is 9.80 Å². The van der Waals surface area contributed by atoms with E-state index in [1.54, 1.807) is 0 Å². The molecule has 6 aromatic rings. The molecule has 0 spiro atoms. The second kappa shape index (κ2) is 12.1. The number of para-hydroxylation sites is 2. The van der Waals surface area contributed by atoms with Crippen molar-refractivity contribution in [2.24, 2.45) is 10.8 Å². The van der Waals surface area contributed by atoms with E-state index in [0.717, 1.165) is 0 Å². The summed E-state index contributed by atoms with van der Waals surface area (Å²) >= 11 is 3.82. The lowest BCUT2D eigenvalue weighted by Gasteiger charge is -2.44. The predicted molar refractivity (Wildman–Crippen MR) is 249 cm³/mol. The molecule has 6 aromatic carbocycles. The molecule has 0 saturated carbocycles. The van der Waals surface area contributed by atoms with Gasteiger partial charge in [-0.15, -0.1) is 0 Å². The highest BCUT2D eigenvalue weighted by atomic mass is 32.2. The third kappa shape index (κ3) is 4.82. The standard InChI is InChI=1S/C54H56N2S2/c1-49(2)37-29-43-47(31-39(37)51(5,6)53(49,9)10)57-45-19-15-13-17-41(45)55(43)35-25-21-33(22-26-35)34-23-27-36(28-24-34)56-42-18-14-16-20-46(42)58-48-32-40-38(30-44(48)56)50(3,4)54(11,12)52(40,7)8/h13-32H,1-12H3. The van der Waals surface area contributed by atoms with E-state index in [0.29, 0.717) is 0 Å². The van der Waals surface area contributed by atoms with Crippen molar-refractivity contribution in [2.75, 3.05) is 9.80 Å². The Bertz CT molecular complexity index is 2490. The lowest BCUT2D eigenvalue weighted by Crippen LogP contribution is -2.42. The van der Waals surface area contributed by atoms with E-state index in [4.69, 9.17) is 0 Å². The fourth-order valence-electron chi connectivity index (χ4n) is 10.7. The van der Waals surface area contributed by atoms with Gasteiger partial charge in [0, 0.05) is 31.0 Å². The molecule has 294 valence electrons. The summed E-state index contributed by atoms with van der Waals surface area (Å²) in [6, 6.07) is 46.3. The van der Waals surface area contributed by atoms with Gasteiger partial charge in [-0.25, -0.2) is 0 Å². The minimum absolute atomic E-state index is 0.0336. The molecule has 0 bridgehead atoms. The zero-order valence-electron chi connectivity index (χ0n) is 36.3. The van der Waals surface area contributed by atoms with E-state index in [-0.39, 0.29) is 32.5 Å². The number of rotatable bonds is 3. The molecule has 4 aliphatic rings. The van der Waals surface area contributed by atoms with Gasteiger partial charge >= 0.3 is 0 Å². The van der Waals surface area contributed by atoms with E-state index in [2.05, 4.69) is 214 Å². The Morgan fingerprint density at radius 3 is 0.983 bits per heavy atom. The van der Waals surface area contributed by atoms with Crippen LogP contribution in [-0.2, 0) is 21.7 Å². The van der Waals surface area contributed by atoms with E-state index in [1.165, 1.54) is 87.1 Å². The maximum atomic E-state index is 2.52. The molecule has 58 heavy (non-hydrogen) atoms. The van der Waals surface area contributed by atoms with Gasteiger partial charge in [-0.05, 0) is 139 Å². The van der Waals surface area contributed by atoms with Crippen LogP contribution < -0.4 is 9.80 Å². The van der Waals surface area contributed by atoms with Gasteiger partial charge in [-0.1, -0.05) is 155 Å². The summed E-state index contributed by atoms with van der Waals surface area (Å²) in [7, 11) is 0. The number of anilines is 6. The van der Waals surface area contributed by atoms with Crippen molar-refractivity contribution >= 4 is 57.6 Å². The highest BCUT2D eigenvalue weighted by Crippen LogP contribution is 2.66. The smallest absolute Gasteiger partial charge is 0.0604 e. The second-order valence-electron chi connectivity index (χ2n) is 20.4. The summed E-state index contributed by atoms with van der Waals surface area (Å²) < 4.78 is 0. The first-order valence-electron chi connectivity index (χ1n) is 21.0. The van der Waals surface area contributed by atoms with Crippen LogP contribution >= 0.6 is 23.5 Å². The summed E-state index contributed by atoms with van der Waals surface area (Å²) in [6.45, 7) is 29.3. The number of hydrogen-bond acceptors (Lipinski definition) is 4. The molecule has 0 atom stereocenters. The highest BCUT2D eigenvalue weighted by molar-refractivity contribution is 8.00. The zero-order chi connectivity index (χ0) is 40.9. The Morgan fingerprint density at radius 2 is 0.638 bits per heavy atom. The molecule has 0 fully saturated rings. The van der Waals surface area contributed by atoms with Crippen LogP contribution in [0.4, 0.5) is 34.1 Å². The number of fused-ring (bicyclic) bond motifs is 6. The summed E-state index contributed by atoms with van der Waals surface area (Å²) in [4.78, 5) is 10.2. The largest absolute Gasteiger partial charge is 0.308 e. The Kier molecular flexibility index (Phi) is 7.90. The third-order valence-corrected chi connectivity index (χ3v) is 19.1. The van der Waals surface area contributed by atoms with E-state index >= 15 is 0 Å². The van der Waals surface area contributed by atoms with Gasteiger partial charge in [0.1, 0.15) is 0 Å². The van der Waals surface area contributed by atoms with Crippen LogP contribution in [-0.4, -0.2) is 0 Å². The normalized spacial score (nSPS) is 20.3. The van der Waals surface area contributed by atoms with E-state index in [9.17, 15) is 0 Å². The molecular formula is C54H56N2S2. The first-order valence-corrected chi connectivity index (χ1v) is 22.6. The second-order valence-corrected chi connectivity index (χ2v) is 22.6. The van der Waals surface area contributed by atoms with Gasteiger partial charge in [0.15, 0.2) is 0 Å². The van der Waals surface area contributed by atoms with Crippen LogP contribution in [0.1, 0.15) is 105 Å². The van der Waals surface area contributed by atoms with Crippen LogP contribution in [0.25, 0.3) is 11.1 Å². The molecule has 4 heteroatoms. The van der Waals surface area contributed by atoms with Crippen molar-refractivity contribution < 1.29 is 0 Å². The van der Waals surface area contributed by atoms with Crippen LogP contribution in [0, 0.1) is 10.8 Å². The Labute approximate surface area is 355 Å². The third-order valence-electron chi connectivity index (χ3n) is 16.9. The zero-order valence-corrected chi connectivity index (χ0v) is 37.9. The topological polar surface area (TPSA) is 6.48 Å². The van der Waals surface area contributed by atoms with Crippen molar-refractivity contribution in [3.63, 3.8) is 0 Å². The molecule has 0 N–H and O–H groups in total. The van der Waals surface area contributed by atoms with Gasteiger partial charge in [0.25, 0.3) is 0 Å². The monoisotopic (exact) mass is 796 g/mol. The molecule has 0 aromatic heterocycles. The number of hydrogen-bond donors (Lipinski definition) is 0. The number of benzene rings is 6. The molecular weight excluding hydrogens is 741 g/mol. The van der Waals surface area contributed by atoms with Crippen molar-refractivity contribution in [1.82, 2.24) is 0 Å². The fourth-order valence-corrected chi connectivity index (χ4v) is 12.9. The van der Waals surface area contributed by atoms with Crippen molar-refractivity contribution in [3.05, 3.63) is 144 Å². The average Bonchev–Trinajstić information content (AvgIpc) is 3.37. The molecule has 0 unspecified atom stereocenters. The molecule has 0 saturated heterocycles. The molecule has 0 radical (unpaired) electrons. The van der Waals surface area contributed by atoms with Crippen LogP contribution in [0.5, 0.6) is 0 Å². The summed E-state index contributed by atoms with van der Waals surface area (Å²) in [5, 5.41) is 0. The van der Waals surface area contributed by atoms with Crippen molar-refractivity contribution in [2.45, 2.75) is 124 Å². The fraction of sp³-hybridized carbons (Fsp3) is 0.333. The van der Waals surface area contributed by atoms with Crippen LogP contribution in [0.15, 0.2) is 141 Å². The number of nitrogens with zero attached hydrogens (tertiary/aromatic N) is 2. The Balaban J connectivity index is 1.02. The molecule has 0 amide bonds. The minimum Gasteiger partial charge on any atom is -0.308 e. The van der Waals surface area contributed by atoms with Crippen molar-refractivity contribution in [3.8, 4) is 11.1 Å². The van der Waals surface area contributed by atoms with Gasteiger partial charge in [-0.3, -0.25) is 0 Å². The molecule has 10 rings (SSSR count). The van der Waals surface area contributed by atoms with Crippen molar-refractivity contribution in [1.29, 1.82) is 0 Å². The van der Waals surface area contributed by atoms with Gasteiger partial charge in [0.2, 0.25) is 0 Å². The van der Waals surface area contributed by atoms with E-state index in [1.807, 2.05) is 23.5 Å². The molecule has 2 aliphatic carbocycles. The molecule has 2 heterocycles. The minimum atomic E-state index is 0.0336. The molecule has 2 nitrogen and oxygen atoms in total. The van der Waals surface area contributed by atoms with Gasteiger partial charge in [0.05, 0.1) is 22.7 Å². The Hall–Kier alpha value is -4.38. The lowest BCUT2D eigenvalue weighted by molar-refractivity contribution is 0.125. The van der Waals surface area contributed by atoms with Crippen LogP contribution in [0.2, 0.25) is 0 Å². The van der Waals surface area contributed by atoms with Gasteiger partial charge in [-0.2, -0.15) is 0 Å². The maximum absolute atomic E-state index is 2.52. The summed E-state index contributed by atoms with van der Waals surface area (Å²) in [5.74, 6) is 0. The van der Waals surface area contributed by atoms with E-state index < -0.39 is 0 Å². The summed E-state index contributed by atoms with van der Waals surface area (Å²) in [6.07, 6.45) is 0. The first kappa shape index (κ1) is 37.9. The highest BCUT2D eigenvalue weighted by Gasteiger charge is 2.58. The maximum Gasteiger partial charge on any atom is 0.0604 e. The average molecular weight is 797 g/mol. The lowest BCUT2D eigenvalue weighted by atomic mass is 9.59. The molecule has 2 aliphatic heterocycles. The van der Waals surface area contributed by atoms with Crippen LogP contribution in [0.3, 0.4) is 0 Å². The predicted octanol–water partition coefficient (Wildman–Crippen LogP) is 16.4. The SMILES string of the molecule is CC1(C)c2cc3c(cc2C(C)(C)C1(C)C)N(c1ccc(-c2ccc(N4c5ccccc5Sc5cc6c(cc54)C(C)(C)C(C)(C)C6(C)C)cc2)cc1)c1ccccc1S3. The Morgan fingerprint density at radius 1 is 0.328 bits per heavy atom. The first-order chi connectivity index (χ1) is 27.3. The quantitative estimate of drug-likeness (QED) is 0.176. The summed E-state index contributed by atoms with van der Waals surface area (Å²) in [5.41, 5.74) is 16.2.